The van der Waals surface area contributed by atoms with E-state index in [1.54, 1.807) is 18.5 Å². The standard InChI is InChI=1S/C18H18N6O2/c25-17(26)12-22-18-23-15(14-6-2-4-9-20-14)11-16(24-18)21-10-7-13-5-1-3-8-19-13/h1-6,8-9,11H,7,10,12H2,(H,25,26)(H2,21,22,23,24). The van der Waals surface area contributed by atoms with Gasteiger partial charge < -0.3 is 15.7 Å². The lowest BCUT2D eigenvalue weighted by Crippen LogP contribution is -2.16. The minimum absolute atomic E-state index is 0.232. The summed E-state index contributed by atoms with van der Waals surface area (Å²) in [6.45, 7) is 0.368. The number of nitrogens with zero attached hydrogens (tertiary/aromatic N) is 4. The van der Waals surface area contributed by atoms with E-state index >= 15 is 0 Å². The second-order valence-electron chi connectivity index (χ2n) is 5.42. The molecule has 8 heteroatoms. The fourth-order valence-electron chi connectivity index (χ4n) is 2.28. The van der Waals surface area contributed by atoms with E-state index < -0.39 is 5.97 Å². The first kappa shape index (κ1) is 17.3. The second kappa shape index (κ2) is 8.52. The van der Waals surface area contributed by atoms with Crippen molar-refractivity contribution < 1.29 is 9.90 Å². The lowest BCUT2D eigenvalue weighted by Gasteiger charge is -2.10. The van der Waals surface area contributed by atoms with Crippen molar-refractivity contribution in [2.45, 2.75) is 6.42 Å². The predicted octanol–water partition coefficient (Wildman–Crippen LogP) is 2.08. The summed E-state index contributed by atoms with van der Waals surface area (Å²) in [4.78, 5) is 28.0. The third kappa shape index (κ3) is 4.97. The molecule has 0 fully saturated rings. The number of carboxylic acids is 1. The zero-order valence-corrected chi connectivity index (χ0v) is 14.0. The number of anilines is 2. The van der Waals surface area contributed by atoms with E-state index in [0.717, 1.165) is 12.1 Å². The van der Waals surface area contributed by atoms with Gasteiger partial charge in [0.2, 0.25) is 5.95 Å². The molecule has 0 radical (unpaired) electrons. The van der Waals surface area contributed by atoms with Crippen LogP contribution in [-0.4, -0.2) is 44.1 Å². The molecule has 0 spiro atoms. The van der Waals surface area contributed by atoms with Gasteiger partial charge in [0.25, 0.3) is 0 Å². The van der Waals surface area contributed by atoms with Crippen LogP contribution in [0.3, 0.4) is 0 Å². The first-order valence-corrected chi connectivity index (χ1v) is 8.10. The Bertz CT molecular complexity index is 858. The van der Waals surface area contributed by atoms with Crippen LogP contribution in [0.15, 0.2) is 54.9 Å². The molecule has 0 atom stereocenters. The van der Waals surface area contributed by atoms with Crippen LogP contribution in [0.1, 0.15) is 5.69 Å². The quantitative estimate of drug-likeness (QED) is 0.566. The first-order chi connectivity index (χ1) is 12.7. The SMILES string of the molecule is O=C(O)CNc1nc(NCCc2ccccn2)cc(-c2ccccn2)n1. The number of rotatable bonds is 8. The van der Waals surface area contributed by atoms with Gasteiger partial charge in [-0.25, -0.2) is 4.98 Å². The van der Waals surface area contributed by atoms with Crippen molar-refractivity contribution in [2.75, 3.05) is 23.7 Å². The molecule has 3 N–H and O–H groups in total. The summed E-state index contributed by atoms with van der Waals surface area (Å²) in [6, 6.07) is 13.1. The maximum atomic E-state index is 10.8. The van der Waals surface area contributed by atoms with Gasteiger partial charge in [-0.1, -0.05) is 12.1 Å². The summed E-state index contributed by atoms with van der Waals surface area (Å²) in [6.07, 6.45) is 4.17. The molecule has 0 aliphatic rings. The monoisotopic (exact) mass is 350 g/mol. The molecule has 3 heterocycles. The van der Waals surface area contributed by atoms with Crippen LogP contribution in [0, 0.1) is 0 Å². The highest BCUT2D eigenvalue weighted by Gasteiger charge is 2.08. The number of carboxylic acid groups (broad SMARTS) is 1. The van der Waals surface area contributed by atoms with Gasteiger partial charge in [0.1, 0.15) is 12.4 Å². The van der Waals surface area contributed by atoms with Gasteiger partial charge in [-0.05, 0) is 24.3 Å². The number of aliphatic carboxylic acids is 1. The molecule has 0 aliphatic heterocycles. The number of hydrogen-bond acceptors (Lipinski definition) is 7. The average molecular weight is 350 g/mol. The number of nitrogens with one attached hydrogen (secondary N) is 2. The lowest BCUT2D eigenvalue weighted by atomic mass is 10.2. The van der Waals surface area contributed by atoms with Crippen LogP contribution in [-0.2, 0) is 11.2 Å². The number of aromatic nitrogens is 4. The fourth-order valence-corrected chi connectivity index (χ4v) is 2.28. The zero-order valence-electron chi connectivity index (χ0n) is 14.0. The van der Waals surface area contributed by atoms with Crippen molar-refractivity contribution in [2.24, 2.45) is 0 Å². The van der Waals surface area contributed by atoms with Gasteiger partial charge in [-0.3, -0.25) is 14.8 Å². The van der Waals surface area contributed by atoms with Gasteiger partial charge >= 0.3 is 5.97 Å². The summed E-state index contributed by atoms with van der Waals surface area (Å²) in [5.41, 5.74) is 2.26. The molecular weight excluding hydrogens is 332 g/mol. The minimum Gasteiger partial charge on any atom is -0.480 e. The molecule has 3 rings (SSSR count). The summed E-state index contributed by atoms with van der Waals surface area (Å²) in [5, 5.41) is 14.8. The van der Waals surface area contributed by atoms with Gasteiger partial charge in [0.05, 0.1) is 11.4 Å². The molecule has 0 saturated heterocycles. The first-order valence-electron chi connectivity index (χ1n) is 8.10. The molecule has 3 aromatic rings. The molecule has 0 aromatic carbocycles. The average Bonchev–Trinajstić information content (AvgIpc) is 2.68. The van der Waals surface area contributed by atoms with E-state index in [-0.39, 0.29) is 12.5 Å². The third-order valence-electron chi connectivity index (χ3n) is 3.46. The molecule has 8 nitrogen and oxygen atoms in total. The van der Waals surface area contributed by atoms with Gasteiger partial charge in [0.15, 0.2) is 0 Å². The normalized spacial score (nSPS) is 10.3. The molecular formula is C18H18N6O2. The maximum absolute atomic E-state index is 10.8. The number of carbonyl (C=O) groups is 1. The Kier molecular flexibility index (Phi) is 5.66. The Morgan fingerprint density at radius 3 is 2.46 bits per heavy atom. The number of pyridine rings is 2. The molecule has 0 bridgehead atoms. The maximum Gasteiger partial charge on any atom is 0.322 e. The lowest BCUT2D eigenvalue weighted by molar-refractivity contribution is -0.134. The molecule has 0 unspecified atom stereocenters. The summed E-state index contributed by atoms with van der Waals surface area (Å²) in [5.74, 6) is -0.165. The van der Waals surface area contributed by atoms with Crippen molar-refractivity contribution in [3.63, 3.8) is 0 Å². The number of hydrogen-bond donors (Lipinski definition) is 3. The van der Waals surface area contributed by atoms with Crippen LogP contribution in [0.5, 0.6) is 0 Å². The zero-order chi connectivity index (χ0) is 18.2. The molecule has 0 aliphatic carbocycles. The highest BCUT2D eigenvalue weighted by Crippen LogP contribution is 2.19. The largest absolute Gasteiger partial charge is 0.480 e. The van der Waals surface area contributed by atoms with Gasteiger partial charge in [-0.2, -0.15) is 4.98 Å². The van der Waals surface area contributed by atoms with Crippen LogP contribution >= 0.6 is 0 Å². The predicted molar refractivity (Wildman–Crippen MR) is 97.8 cm³/mol. The highest BCUT2D eigenvalue weighted by molar-refractivity contribution is 5.72. The Labute approximate surface area is 150 Å². The second-order valence-corrected chi connectivity index (χ2v) is 5.42. The topological polar surface area (TPSA) is 113 Å². The van der Waals surface area contributed by atoms with Gasteiger partial charge in [0, 0.05) is 37.1 Å². The third-order valence-corrected chi connectivity index (χ3v) is 3.46. The van der Waals surface area contributed by atoms with Crippen LogP contribution < -0.4 is 10.6 Å². The van der Waals surface area contributed by atoms with Crippen LogP contribution in [0.4, 0.5) is 11.8 Å². The Balaban J connectivity index is 1.76. The molecule has 132 valence electrons. The van der Waals surface area contributed by atoms with E-state index in [4.69, 9.17) is 5.11 Å². The summed E-state index contributed by atoms with van der Waals surface area (Å²) < 4.78 is 0. The van der Waals surface area contributed by atoms with Crippen molar-refractivity contribution in [3.05, 3.63) is 60.6 Å². The Morgan fingerprint density at radius 1 is 0.962 bits per heavy atom. The van der Waals surface area contributed by atoms with E-state index in [9.17, 15) is 4.79 Å². The molecule has 0 amide bonds. The Morgan fingerprint density at radius 2 is 1.77 bits per heavy atom. The van der Waals surface area contributed by atoms with Crippen molar-refractivity contribution >= 4 is 17.7 Å². The van der Waals surface area contributed by atoms with Crippen molar-refractivity contribution in [3.8, 4) is 11.4 Å². The minimum atomic E-state index is -0.985. The van der Waals surface area contributed by atoms with Crippen molar-refractivity contribution in [1.82, 2.24) is 19.9 Å². The van der Waals surface area contributed by atoms with E-state index in [1.165, 1.54) is 0 Å². The molecule has 3 aromatic heterocycles. The van der Waals surface area contributed by atoms with Crippen molar-refractivity contribution in [1.29, 1.82) is 0 Å². The molecule has 0 saturated carbocycles. The van der Waals surface area contributed by atoms with Crippen LogP contribution in [0.2, 0.25) is 0 Å². The Hall–Kier alpha value is -3.55. The smallest absolute Gasteiger partial charge is 0.322 e. The van der Waals surface area contributed by atoms with Crippen LogP contribution in [0.25, 0.3) is 11.4 Å². The summed E-state index contributed by atoms with van der Waals surface area (Å²) in [7, 11) is 0. The highest BCUT2D eigenvalue weighted by atomic mass is 16.4. The molecule has 26 heavy (non-hydrogen) atoms. The van der Waals surface area contributed by atoms with E-state index in [0.29, 0.717) is 23.8 Å². The van der Waals surface area contributed by atoms with Gasteiger partial charge in [-0.15, -0.1) is 0 Å². The van der Waals surface area contributed by atoms with E-state index in [1.807, 2.05) is 36.4 Å². The van der Waals surface area contributed by atoms with E-state index in [2.05, 4.69) is 30.6 Å². The summed E-state index contributed by atoms with van der Waals surface area (Å²) >= 11 is 0. The fraction of sp³-hybridized carbons (Fsp3) is 0.167.